The van der Waals surface area contributed by atoms with Gasteiger partial charge in [0.15, 0.2) is 5.78 Å². The zero-order chi connectivity index (χ0) is 13.0. The first kappa shape index (κ1) is 13.6. The van der Waals surface area contributed by atoms with Crippen LogP contribution >= 0.6 is 0 Å². The molecule has 17 heavy (non-hydrogen) atoms. The van der Waals surface area contributed by atoms with E-state index in [-0.39, 0.29) is 18.4 Å². The summed E-state index contributed by atoms with van der Waals surface area (Å²) >= 11 is 0. The van der Waals surface area contributed by atoms with E-state index >= 15 is 0 Å². The van der Waals surface area contributed by atoms with Crippen LogP contribution in [0, 0.1) is 5.82 Å². The second-order valence-electron chi connectivity index (χ2n) is 4.23. The van der Waals surface area contributed by atoms with Crippen molar-refractivity contribution >= 4 is 11.5 Å². The molecule has 0 unspecified atom stereocenters. The van der Waals surface area contributed by atoms with Gasteiger partial charge in [-0.25, -0.2) is 4.39 Å². The minimum Gasteiger partial charge on any atom is -0.395 e. The maximum Gasteiger partial charge on any atom is 0.161 e. The van der Waals surface area contributed by atoms with Gasteiger partial charge in [0, 0.05) is 23.8 Å². The van der Waals surface area contributed by atoms with Crippen molar-refractivity contribution in [3.63, 3.8) is 0 Å². The van der Waals surface area contributed by atoms with Gasteiger partial charge >= 0.3 is 0 Å². The van der Waals surface area contributed by atoms with Gasteiger partial charge in [-0.2, -0.15) is 0 Å². The van der Waals surface area contributed by atoms with E-state index in [1.807, 2.05) is 18.7 Å². The highest BCUT2D eigenvalue weighted by Crippen LogP contribution is 2.24. The molecule has 0 amide bonds. The third kappa shape index (κ3) is 3.27. The summed E-state index contributed by atoms with van der Waals surface area (Å²) in [5, 5.41) is 9.03. The Morgan fingerprint density at radius 1 is 1.47 bits per heavy atom. The maximum absolute atomic E-state index is 13.1. The first-order chi connectivity index (χ1) is 7.97. The van der Waals surface area contributed by atoms with Gasteiger partial charge in [0.2, 0.25) is 0 Å². The fourth-order valence-corrected chi connectivity index (χ4v) is 1.81. The van der Waals surface area contributed by atoms with Crippen molar-refractivity contribution in [2.45, 2.75) is 26.8 Å². The van der Waals surface area contributed by atoms with Crippen molar-refractivity contribution in [1.82, 2.24) is 0 Å². The Labute approximate surface area is 101 Å². The molecule has 94 valence electrons. The number of anilines is 1. The summed E-state index contributed by atoms with van der Waals surface area (Å²) in [7, 11) is 0. The molecule has 0 bridgehead atoms. The molecule has 1 aromatic rings. The van der Waals surface area contributed by atoms with Crippen LogP contribution in [0.25, 0.3) is 0 Å². The number of hydrogen-bond donors (Lipinski definition) is 1. The van der Waals surface area contributed by atoms with Crippen molar-refractivity contribution in [2.24, 2.45) is 0 Å². The first-order valence-electron chi connectivity index (χ1n) is 5.65. The zero-order valence-corrected chi connectivity index (χ0v) is 10.4. The summed E-state index contributed by atoms with van der Waals surface area (Å²) < 4.78 is 13.1. The van der Waals surface area contributed by atoms with Crippen LogP contribution in [0.5, 0.6) is 0 Å². The van der Waals surface area contributed by atoms with E-state index in [2.05, 4.69) is 0 Å². The van der Waals surface area contributed by atoms with Crippen molar-refractivity contribution in [1.29, 1.82) is 0 Å². The van der Waals surface area contributed by atoms with E-state index in [4.69, 9.17) is 5.11 Å². The summed E-state index contributed by atoms with van der Waals surface area (Å²) in [6, 6.07) is 4.28. The molecule has 0 radical (unpaired) electrons. The van der Waals surface area contributed by atoms with E-state index in [1.54, 1.807) is 6.07 Å². The molecule has 3 nitrogen and oxygen atoms in total. The second kappa shape index (κ2) is 5.77. The second-order valence-corrected chi connectivity index (χ2v) is 4.23. The fraction of sp³-hybridized carbons (Fsp3) is 0.462. The standard InChI is InChI=1S/C13H18FNO2/c1-9(2)15(6-7-16)13-5-4-11(14)8-12(13)10(3)17/h4-5,8-9,16H,6-7H2,1-3H3. The van der Waals surface area contributed by atoms with Gasteiger partial charge in [0.25, 0.3) is 0 Å². The van der Waals surface area contributed by atoms with Crippen molar-refractivity contribution in [3.8, 4) is 0 Å². The zero-order valence-electron chi connectivity index (χ0n) is 10.4. The monoisotopic (exact) mass is 239 g/mol. The lowest BCUT2D eigenvalue weighted by Crippen LogP contribution is -2.34. The molecule has 0 fully saturated rings. The van der Waals surface area contributed by atoms with Crippen molar-refractivity contribution in [3.05, 3.63) is 29.6 Å². The quantitative estimate of drug-likeness (QED) is 0.801. The maximum atomic E-state index is 13.1. The van der Waals surface area contributed by atoms with Crippen LogP contribution in [0.2, 0.25) is 0 Å². The molecule has 4 heteroatoms. The predicted octanol–water partition coefficient (Wildman–Crippen LogP) is 2.24. The molecule has 0 saturated carbocycles. The number of rotatable bonds is 5. The van der Waals surface area contributed by atoms with Gasteiger partial charge in [0.1, 0.15) is 5.82 Å². The lowest BCUT2D eigenvalue weighted by Gasteiger charge is -2.29. The smallest absolute Gasteiger partial charge is 0.161 e. The Kier molecular flexibility index (Phi) is 4.63. The lowest BCUT2D eigenvalue weighted by molar-refractivity contribution is 0.101. The first-order valence-corrected chi connectivity index (χ1v) is 5.65. The number of carbonyl (C=O) groups is 1. The molecular formula is C13H18FNO2. The Bertz CT molecular complexity index is 404. The average molecular weight is 239 g/mol. The van der Waals surface area contributed by atoms with Gasteiger partial charge in [-0.05, 0) is 39.0 Å². The molecule has 0 aliphatic heterocycles. The third-order valence-corrected chi connectivity index (χ3v) is 2.61. The van der Waals surface area contributed by atoms with Crippen LogP contribution < -0.4 is 4.90 Å². The molecule has 0 aromatic heterocycles. The van der Waals surface area contributed by atoms with Crippen LogP contribution in [0.15, 0.2) is 18.2 Å². The molecule has 0 spiro atoms. The number of Topliss-reactive ketones (excluding diaryl/α,β-unsaturated/α-hetero) is 1. The van der Waals surface area contributed by atoms with Crippen LogP contribution in [0.4, 0.5) is 10.1 Å². The topological polar surface area (TPSA) is 40.5 Å². The molecule has 1 N–H and O–H groups in total. The van der Waals surface area contributed by atoms with Crippen LogP contribution in [-0.4, -0.2) is 30.1 Å². The highest BCUT2D eigenvalue weighted by atomic mass is 19.1. The molecule has 0 atom stereocenters. The van der Waals surface area contributed by atoms with Gasteiger partial charge in [-0.15, -0.1) is 0 Å². The summed E-state index contributed by atoms with van der Waals surface area (Å²) in [5.74, 6) is -0.602. The molecule has 1 rings (SSSR count). The number of benzene rings is 1. The fourth-order valence-electron chi connectivity index (χ4n) is 1.81. The van der Waals surface area contributed by atoms with Gasteiger partial charge in [0.05, 0.1) is 6.61 Å². The molecule has 0 aliphatic carbocycles. The number of hydrogen-bond acceptors (Lipinski definition) is 3. The molecule has 0 saturated heterocycles. The highest BCUT2D eigenvalue weighted by molar-refractivity contribution is 5.99. The Balaban J connectivity index is 3.22. The Morgan fingerprint density at radius 2 is 2.12 bits per heavy atom. The summed E-state index contributed by atoms with van der Waals surface area (Å²) in [4.78, 5) is 13.4. The third-order valence-electron chi connectivity index (χ3n) is 2.61. The van der Waals surface area contributed by atoms with Gasteiger partial charge in [-0.1, -0.05) is 0 Å². The average Bonchev–Trinajstić information content (AvgIpc) is 2.26. The minimum absolute atomic E-state index is 0.00704. The largest absolute Gasteiger partial charge is 0.395 e. The molecule has 0 aliphatic rings. The Morgan fingerprint density at radius 3 is 2.59 bits per heavy atom. The number of halogens is 1. The summed E-state index contributed by atoms with van der Waals surface area (Å²) in [6.45, 7) is 5.75. The Hall–Kier alpha value is -1.42. The predicted molar refractivity (Wildman–Crippen MR) is 66.0 cm³/mol. The van der Waals surface area contributed by atoms with Gasteiger partial charge in [-0.3, -0.25) is 4.79 Å². The number of carbonyl (C=O) groups excluding carboxylic acids is 1. The van der Waals surface area contributed by atoms with E-state index in [9.17, 15) is 9.18 Å². The summed E-state index contributed by atoms with van der Waals surface area (Å²) in [5.41, 5.74) is 1.02. The number of aliphatic hydroxyl groups is 1. The molecule has 1 aromatic carbocycles. The number of aliphatic hydroxyl groups excluding tert-OH is 1. The molecule has 0 heterocycles. The SMILES string of the molecule is CC(=O)c1cc(F)ccc1N(CCO)C(C)C. The van der Waals surface area contributed by atoms with E-state index < -0.39 is 5.82 Å². The molecular weight excluding hydrogens is 221 g/mol. The van der Waals surface area contributed by atoms with Gasteiger partial charge < -0.3 is 10.0 Å². The lowest BCUT2D eigenvalue weighted by atomic mass is 10.1. The van der Waals surface area contributed by atoms with Crippen LogP contribution in [0.1, 0.15) is 31.1 Å². The van der Waals surface area contributed by atoms with E-state index in [1.165, 1.54) is 19.1 Å². The highest BCUT2D eigenvalue weighted by Gasteiger charge is 2.16. The van der Waals surface area contributed by atoms with Crippen LogP contribution in [0.3, 0.4) is 0 Å². The number of ketones is 1. The van der Waals surface area contributed by atoms with Crippen LogP contribution in [-0.2, 0) is 0 Å². The van der Waals surface area contributed by atoms with E-state index in [0.717, 1.165) is 0 Å². The van der Waals surface area contributed by atoms with E-state index in [0.29, 0.717) is 17.8 Å². The van der Waals surface area contributed by atoms with Crippen molar-refractivity contribution in [2.75, 3.05) is 18.1 Å². The normalized spacial score (nSPS) is 10.7. The minimum atomic E-state index is -0.424. The van der Waals surface area contributed by atoms with Crippen molar-refractivity contribution < 1.29 is 14.3 Å². The number of nitrogens with zero attached hydrogens (tertiary/aromatic N) is 1. The summed E-state index contributed by atoms with van der Waals surface area (Å²) in [6.07, 6.45) is 0.